The molecule has 4 fully saturated rings. The minimum Gasteiger partial charge on any atom is -0.456 e. The van der Waals surface area contributed by atoms with Crippen LogP contribution in [0.5, 0.6) is 0 Å². The van der Waals surface area contributed by atoms with Gasteiger partial charge in [0.1, 0.15) is 78.2 Å². The van der Waals surface area contributed by atoms with Crippen LogP contribution < -0.4 is 0 Å². The van der Waals surface area contributed by atoms with Gasteiger partial charge in [0, 0.05) is 14.2 Å². The molecule has 17 atom stereocenters. The van der Waals surface area contributed by atoms with E-state index in [-0.39, 0.29) is 39.6 Å². The summed E-state index contributed by atoms with van der Waals surface area (Å²) in [5.74, 6) is -5.50. The number of methoxy groups -OCH3 is 2. The number of thioether (sulfide) groups is 1. The van der Waals surface area contributed by atoms with Gasteiger partial charge in [0.05, 0.1) is 52.9 Å². The van der Waals surface area contributed by atoms with E-state index >= 15 is 0 Å². The first-order valence-corrected chi connectivity index (χ1v) is 31.2. The maximum atomic E-state index is 13.7. The summed E-state index contributed by atoms with van der Waals surface area (Å²) in [6.45, 7) is 4.99. The van der Waals surface area contributed by atoms with Crippen molar-refractivity contribution in [3.05, 3.63) is 179 Å². The van der Waals surface area contributed by atoms with Crippen LogP contribution in [0.2, 0.25) is 0 Å². The summed E-state index contributed by atoms with van der Waals surface area (Å²) < 4.78 is 107. The van der Waals surface area contributed by atoms with E-state index in [4.69, 9.17) is 99.0 Å². The van der Waals surface area contributed by atoms with Crippen LogP contribution in [0.1, 0.15) is 48.6 Å². The minimum absolute atomic E-state index is 0.0274. The van der Waals surface area contributed by atoms with E-state index in [2.05, 4.69) is 0 Å². The van der Waals surface area contributed by atoms with E-state index < -0.39 is 140 Å². The largest absolute Gasteiger partial charge is 0.456 e. The van der Waals surface area contributed by atoms with Crippen LogP contribution >= 0.6 is 35.0 Å². The lowest BCUT2D eigenvalue weighted by molar-refractivity contribution is -0.488. The predicted molar refractivity (Wildman–Crippen MR) is 320 cm³/mol. The standard InChI is InChI=1S/C65H78Cl2O19S/c1-6-87-63-60(83-51(70)33-67)56(52(47(34-68)81-63)74-36-43-24-14-8-15-25-43)84-62-59-57(85-64(2,71-4)65(3,72-5)86-59)54(82-50(69)32-66)49(80-62)41-78-61-58(77-39-46-30-20-11-21-31-46)55(76-38-45-28-18-10-19-29-45)53(75-37-44-26-16-9-17-27-44)48(79-61)40-73-35-42-22-12-7-13-23-42/h7-31,47-49,52-63,68H,6,32-41H2,1-5H3/t47-,48-,49-,52-,53+,54+,55+,56+,57+,58-,59-,60+,61+,62-,63-,64-,65-/m1/s1. The molecule has 472 valence electrons. The van der Waals surface area contributed by atoms with Gasteiger partial charge < -0.3 is 80.9 Å². The monoisotopic (exact) mass is 1260 g/mol. The first-order chi connectivity index (χ1) is 42.4. The minimum atomic E-state index is -1.68. The Bertz CT molecular complexity index is 2830. The zero-order valence-electron chi connectivity index (χ0n) is 49.3. The highest BCUT2D eigenvalue weighted by atomic mass is 35.5. The van der Waals surface area contributed by atoms with Crippen LogP contribution in [-0.4, -0.2) is 171 Å². The van der Waals surface area contributed by atoms with Crippen molar-refractivity contribution in [1.82, 2.24) is 0 Å². The molecule has 1 N–H and O–H groups in total. The van der Waals surface area contributed by atoms with Gasteiger partial charge in [-0.3, -0.25) is 9.59 Å². The van der Waals surface area contributed by atoms with Gasteiger partial charge in [-0.2, -0.15) is 0 Å². The van der Waals surface area contributed by atoms with Crippen LogP contribution in [0.4, 0.5) is 0 Å². The summed E-state index contributed by atoms with van der Waals surface area (Å²) >= 11 is 13.7. The van der Waals surface area contributed by atoms with Gasteiger partial charge in [-0.1, -0.05) is 159 Å². The summed E-state index contributed by atoms with van der Waals surface area (Å²) in [6.07, 6.45) is -16.3. The second kappa shape index (κ2) is 32.9. The highest BCUT2D eigenvalue weighted by Crippen LogP contribution is 2.46. The van der Waals surface area contributed by atoms with E-state index in [1.807, 2.05) is 159 Å². The number of rotatable bonds is 30. The maximum absolute atomic E-state index is 13.7. The summed E-state index contributed by atoms with van der Waals surface area (Å²) in [5.41, 5.74) is 3.51. The van der Waals surface area contributed by atoms with Gasteiger partial charge in [0.25, 0.3) is 0 Å². The zero-order chi connectivity index (χ0) is 61.2. The predicted octanol–water partition coefficient (Wildman–Crippen LogP) is 8.68. The number of alkyl halides is 2. The SMILES string of the molecule is CCS[C@H]1O[C@H](CO)[C@@H](OCc2ccccc2)[C@H](O[C@H]2O[C@H](CO[C@H]3O[C@H](COCc4ccccc4)[C@H](OCc4ccccc4)[C@H](OCc4ccccc4)[C@H]3OCc3ccccc3)[C@H](OC(=O)CCl)[C@@H]3O[C@@](C)(OC)[C@](C)(OC)O[C@@H]23)[C@@H]1OC(=O)CCl. The number of hydrogen-bond acceptors (Lipinski definition) is 20. The normalized spacial score (nSPS) is 31.6. The van der Waals surface area contributed by atoms with Crippen molar-refractivity contribution >= 4 is 46.9 Å². The van der Waals surface area contributed by atoms with Crippen LogP contribution in [0.15, 0.2) is 152 Å². The molecule has 0 radical (unpaired) electrons. The Morgan fingerprint density at radius 3 is 1.36 bits per heavy atom. The molecular weight excluding hydrogens is 1190 g/mol. The highest BCUT2D eigenvalue weighted by molar-refractivity contribution is 7.99. The Morgan fingerprint density at radius 2 is 0.897 bits per heavy atom. The second-order valence-corrected chi connectivity index (χ2v) is 23.3. The fraction of sp³-hybridized carbons (Fsp3) is 0.508. The molecule has 19 nitrogen and oxygen atoms in total. The first kappa shape index (κ1) is 66.8. The van der Waals surface area contributed by atoms with Crippen molar-refractivity contribution in [2.75, 3.05) is 51.6 Å². The molecule has 0 saturated carbocycles. The quantitative estimate of drug-likeness (QED) is 0.0338. The molecular formula is C65H78Cl2O19S. The average Bonchev–Trinajstić information content (AvgIpc) is 0.823. The summed E-state index contributed by atoms with van der Waals surface area (Å²) in [5, 5.41) is 11.1. The highest BCUT2D eigenvalue weighted by Gasteiger charge is 2.65. The molecule has 0 aliphatic carbocycles. The Balaban J connectivity index is 1.12. The van der Waals surface area contributed by atoms with Gasteiger partial charge in [0.15, 0.2) is 24.8 Å². The van der Waals surface area contributed by atoms with Gasteiger partial charge in [-0.05, 0) is 47.4 Å². The topological polar surface area (TPSA) is 202 Å². The number of ether oxygens (including phenoxy) is 16. The number of carbonyl (C=O) groups excluding carboxylic acids is 2. The molecule has 0 aromatic heterocycles. The fourth-order valence-electron chi connectivity index (χ4n) is 10.9. The summed E-state index contributed by atoms with van der Waals surface area (Å²) in [7, 11) is 2.84. The molecule has 4 saturated heterocycles. The van der Waals surface area contributed by atoms with Crippen molar-refractivity contribution in [1.29, 1.82) is 0 Å². The van der Waals surface area contributed by atoms with Crippen molar-refractivity contribution < 1.29 is 90.5 Å². The Labute approximate surface area is 522 Å². The number of esters is 2. The number of aliphatic hydroxyl groups is 1. The Kier molecular flexibility index (Phi) is 25.3. The third-order valence-electron chi connectivity index (χ3n) is 15.6. The van der Waals surface area contributed by atoms with Crippen LogP contribution in [-0.2, 0) is 118 Å². The number of aliphatic hydroxyl groups excluding tert-OH is 1. The van der Waals surface area contributed by atoms with E-state index in [0.717, 1.165) is 27.8 Å². The lowest BCUT2D eigenvalue weighted by Crippen LogP contribution is -2.74. The molecule has 5 aromatic rings. The number of halogens is 2. The van der Waals surface area contributed by atoms with Gasteiger partial charge in [0.2, 0.25) is 11.6 Å². The zero-order valence-corrected chi connectivity index (χ0v) is 51.7. The summed E-state index contributed by atoms with van der Waals surface area (Å²) in [6, 6.07) is 48.3. The molecule has 4 heterocycles. The van der Waals surface area contributed by atoms with E-state index in [9.17, 15) is 14.7 Å². The number of benzene rings is 5. The van der Waals surface area contributed by atoms with Gasteiger partial charge in [-0.15, -0.1) is 35.0 Å². The third-order valence-corrected chi connectivity index (χ3v) is 17.1. The molecule has 0 bridgehead atoms. The number of fused-ring (bicyclic) bond motifs is 1. The van der Waals surface area contributed by atoms with E-state index in [1.54, 1.807) is 13.8 Å². The number of hydrogen-bond donors (Lipinski definition) is 1. The van der Waals surface area contributed by atoms with Crippen LogP contribution in [0.3, 0.4) is 0 Å². The second-order valence-electron chi connectivity index (χ2n) is 21.4. The summed E-state index contributed by atoms with van der Waals surface area (Å²) in [4.78, 5) is 27.1. The molecule has 9 rings (SSSR count). The lowest BCUT2D eigenvalue weighted by Gasteiger charge is -2.57. The molecule has 4 aliphatic rings. The Morgan fingerprint density at radius 1 is 0.483 bits per heavy atom. The smallest absolute Gasteiger partial charge is 0.321 e. The van der Waals surface area contributed by atoms with E-state index in [0.29, 0.717) is 5.75 Å². The van der Waals surface area contributed by atoms with E-state index in [1.165, 1.54) is 26.0 Å². The van der Waals surface area contributed by atoms with Crippen molar-refractivity contribution in [3.8, 4) is 0 Å². The Hall–Kier alpha value is -4.63. The number of carbonyl (C=O) groups is 2. The molecule has 0 spiro atoms. The molecule has 0 unspecified atom stereocenters. The van der Waals surface area contributed by atoms with Crippen molar-refractivity contribution in [2.24, 2.45) is 0 Å². The van der Waals surface area contributed by atoms with Crippen molar-refractivity contribution in [3.63, 3.8) is 0 Å². The first-order valence-electron chi connectivity index (χ1n) is 29.1. The third kappa shape index (κ3) is 17.3. The van der Waals surface area contributed by atoms with Gasteiger partial charge >= 0.3 is 11.9 Å². The van der Waals surface area contributed by atoms with Crippen molar-refractivity contribution in [2.45, 2.75) is 157 Å². The van der Waals surface area contributed by atoms with Gasteiger partial charge in [-0.25, -0.2) is 0 Å². The molecule has 4 aliphatic heterocycles. The molecule has 87 heavy (non-hydrogen) atoms. The average molecular weight is 1270 g/mol. The van der Waals surface area contributed by atoms with Crippen LogP contribution in [0, 0.1) is 0 Å². The fourth-order valence-corrected chi connectivity index (χ4v) is 12.0. The lowest BCUT2D eigenvalue weighted by atomic mass is 9.93. The molecule has 0 amide bonds. The molecule has 22 heteroatoms. The van der Waals surface area contributed by atoms with Crippen LogP contribution in [0.25, 0.3) is 0 Å². The maximum Gasteiger partial charge on any atom is 0.321 e. The molecule has 5 aromatic carbocycles.